The minimum absolute atomic E-state index is 0.00733. The lowest BCUT2D eigenvalue weighted by atomic mass is 9.99. The molecule has 0 bridgehead atoms. The Morgan fingerprint density at radius 1 is 1.75 bits per heavy atom. The van der Waals surface area contributed by atoms with Crippen LogP contribution in [0.5, 0.6) is 0 Å². The van der Waals surface area contributed by atoms with Gasteiger partial charge in [0.05, 0.1) is 30.6 Å². The first-order valence-corrected chi connectivity index (χ1v) is 5.67. The topological polar surface area (TPSA) is 67.0 Å². The number of hydrogen-bond donors (Lipinski definition) is 2. The van der Waals surface area contributed by atoms with Gasteiger partial charge in [-0.2, -0.15) is 0 Å². The van der Waals surface area contributed by atoms with Gasteiger partial charge < -0.3 is 15.0 Å². The quantitative estimate of drug-likeness (QED) is 0.795. The number of amides is 1. The first kappa shape index (κ1) is 11.1. The van der Waals surface area contributed by atoms with E-state index in [2.05, 4.69) is 15.3 Å². The number of aromatic amines is 1. The van der Waals surface area contributed by atoms with Gasteiger partial charge in [-0.3, -0.25) is 4.79 Å². The predicted octanol–water partition coefficient (Wildman–Crippen LogP) is 0.841. The van der Waals surface area contributed by atoms with Crippen molar-refractivity contribution in [2.75, 3.05) is 6.61 Å². The number of aromatic nitrogens is 2. The molecule has 1 aliphatic rings. The number of carbonyl (C=O) groups is 1. The fourth-order valence-corrected chi connectivity index (χ4v) is 2.05. The number of H-pyrrole nitrogens is 1. The summed E-state index contributed by atoms with van der Waals surface area (Å²) < 4.78 is 5.49. The Bertz CT molecular complexity index is 337. The lowest BCUT2D eigenvalue weighted by molar-refractivity contribution is -0.126. The third kappa shape index (κ3) is 2.41. The summed E-state index contributed by atoms with van der Waals surface area (Å²) in [6.07, 6.45) is 5.12. The van der Waals surface area contributed by atoms with Gasteiger partial charge in [-0.15, -0.1) is 0 Å². The second kappa shape index (κ2) is 5.12. The van der Waals surface area contributed by atoms with Gasteiger partial charge in [-0.05, 0) is 12.8 Å². The van der Waals surface area contributed by atoms with E-state index < -0.39 is 0 Å². The van der Waals surface area contributed by atoms with Gasteiger partial charge in [-0.1, -0.05) is 6.92 Å². The van der Waals surface area contributed by atoms with E-state index in [1.54, 1.807) is 12.5 Å². The number of nitrogens with zero attached hydrogens (tertiary/aromatic N) is 1. The molecule has 88 valence electrons. The molecule has 2 atom stereocenters. The molecule has 16 heavy (non-hydrogen) atoms. The van der Waals surface area contributed by atoms with Crippen LogP contribution >= 0.6 is 0 Å². The minimum Gasteiger partial charge on any atom is -0.377 e. The third-order valence-electron chi connectivity index (χ3n) is 2.96. The molecule has 1 aromatic heterocycles. The summed E-state index contributed by atoms with van der Waals surface area (Å²) in [5.41, 5.74) is 0.917. The molecule has 0 saturated carbocycles. The summed E-state index contributed by atoms with van der Waals surface area (Å²) in [6.45, 7) is 3.25. The first-order chi connectivity index (χ1) is 7.81. The molecule has 0 spiro atoms. The number of imidazole rings is 1. The molecule has 1 amide bonds. The molecule has 2 heterocycles. The summed E-state index contributed by atoms with van der Waals surface area (Å²) in [6, 6.07) is 0. The van der Waals surface area contributed by atoms with Crippen molar-refractivity contribution in [3.63, 3.8) is 0 Å². The first-order valence-electron chi connectivity index (χ1n) is 5.67. The minimum atomic E-state index is 0.00733. The summed E-state index contributed by atoms with van der Waals surface area (Å²) >= 11 is 0. The van der Waals surface area contributed by atoms with E-state index in [1.807, 2.05) is 6.92 Å². The van der Waals surface area contributed by atoms with Crippen LogP contribution in [0.4, 0.5) is 0 Å². The summed E-state index contributed by atoms with van der Waals surface area (Å²) in [7, 11) is 0. The maximum absolute atomic E-state index is 11.9. The van der Waals surface area contributed by atoms with Crippen LogP contribution in [0, 0.1) is 5.92 Å². The summed E-state index contributed by atoms with van der Waals surface area (Å²) in [5, 5.41) is 2.90. The highest BCUT2D eigenvalue weighted by Gasteiger charge is 2.32. The summed E-state index contributed by atoms with van der Waals surface area (Å²) in [4.78, 5) is 18.7. The molecule has 2 unspecified atom stereocenters. The predicted molar refractivity (Wildman–Crippen MR) is 58.6 cm³/mol. The average molecular weight is 223 g/mol. The van der Waals surface area contributed by atoms with Crippen molar-refractivity contribution >= 4 is 5.91 Å². The fourth-order valence-electron chi connectivity index (χ4n) is 2.05. The van der Waals surface area contributed by atoms with Crippen LogP contribution in [0.3, 0.4) is 0 Å². The van der Waals surface area contributed by atoms with E-state index in [9.17, 15) is 4.79 Å². The molecule has 0 aromatic carbocycles. The van der Waals surface area contributed by atoms with Gasteiger partial charge in [0.2, 0.25) is 5.91 Å². The van der Waals surface area contributed by atoms with E-state index in [4.69, 9.17) is 4.74 Å². The zero-order chi connectivity index (χ0) is 11.4. The van der Waals surface area contributed by atoms with E-state index >= 15 is 0 Å². The Hall–Kier alpha value is -1.36. The van der Waals surface area contributed by atoms with Crippen molar-refractivity contribution in [1.29, 1.82) is 0 Å². The van der Waals surface area contributed by atoms with Gasteiger partial charge in [0, 0.05) is 12.8 Å². The third-order valence-corrected chi connectivity index (χ3v) is 2.96. The monoisotopic (exact) mass is 223 g/mol. The molecule has 1 aliphatic heterocycles. The van der Waals surface area contributed by atoms with Crippen molar-refractivity contribution in [3.05, 3.63) is 18.2 Å². The lowest BCUT2D eigenvalue weighted by Gasteiger charge is -2.15. The van der Waals surface area contributed by atoms with Gasteiger partial charge in [0.25, 0.3) is 0 Å². The fraction of sp³-hybridized carbons (Fsp3) is 0.636. The van der Waals surface area contributed by atoms with E-state index in [0.29, 0.717) is 13.2 Å². The van der Waals surface area contributed by atoms with Crippen LogP contribution < -0.4 is 5.32 Å². The van der Waals surface area contributed by atoms with Gasteiger partial charge in [0.1, 0.15) is 0 Å². The van der Waals surface area contributed by atoms with Crippen LogP contribution in [0.25, 0.3) is 0 Å². The van der Waals surface area contributed by atoms with Crippen LogP contribution in [-0.4, -0.2) is 28.6 Å². The highest BCUT2D eigenvalue weighted by molar-refractivity contribution is 5.79. The Labute approximate surface area is 94.6 Å². The second-order valence-electron chi connectivity index (χ2n) is 4.01. The molecule has 2 N–H and O–H groups in total. The van der Waals surface area contributed by atoms with E-state index in [0.717, 1.165) is 18.5 Å². The number of nitrogens with one attached hydrogen (secondary N) is 2. The van der Waals surface area contributed by atoms with Crippen molar-refractivity contribution in [1.82, 2.24) is 15.3 Å². The highest BCUT2D eigenvalue weighted by atomic mass is 16.5. The van der Waals surface area contributed by atoms with Crippen LogP contribution in [0.2, 0.25) is 0 Å². The maximum Gasteiger partial charge on any atom is 0.226 e. The van der Waals surface area contributed by atoms with Crippen molar-refractivity contribution in [3.8, 4) is 0 Å². The Morgan fingerprint density at radius 3 is 3.31 bits per heavy atom. The molecule has 5 nitrogen and oxygen atoms in total. The molecule has 0 aliphatic carbocycles. The van der Waals surface area contributed by atoms with Crippen LogP contribution in [0.15, 0.2) is 12.5 Å². The Balaban J connectivity index is 1.83. The van der Waals surface area contributed by atoms with Gasteiger partial charge in [-0.25, -0.2) is 4.98 Å². The molecule has 1 aromatic rings. The van der Waals surface area contributed by atoms with Crippen molar-refractivity contribution in [2.45, 2.75) is 32.4 Å². The molecule has 0 radical (unpaired) electrons. The smallest absolute Gasteiger partial charge is 0.226 e. The normalized spacial score (nSPS) is 24.6. The number of ether oxygens (including phenoxy) is 1. The Kier molecular flexibility index (Phi) is 3.56. The SMILES string of the molecule is CCC1OCCC1C(=O)NCc1cnc[nH]1. The second-order valence-corrected chi connectivity index (χ2v) is 4.01. The van der Waals surface area contributed by atoms with E-state index in [-0.39, 0.29) is 17.9 Å². The van der Waals surface area contributed by atoms with Crippen LogP contribution in [-0.2, 0) is 16.1 Å². The van der Waals surface area contributed by atoms with Crippen LogP contribution in [0.1, 0.15) is 25.5 Å². The summed E-state index contributed by atoms with van der Waals surface area (Å²) in [5.74, 6) is 0.0897. The molecule has 2 rings (SSSR count). The molecule has 1 fully saturated rings. The zero-order valence-electron chi connectivity index (χ0n) is 9.40. The molecular weight excluding hydrogens is 206 g/mol. The highest BCUT2D eigenvalue weighted by Crippen LogP contribution is 2.23. The standard InChI is InChI=1S/C11H17N3O2/c1-2-10-9(3-4-16-10)11(15)13-6-8-5-12-7-14-8/h5,7,9-10H,2-4,6H2,1H3,(H,12,14)(H,13,15). The number of hydrogen-bond acceptors (Lipinski definition) is 3. The molecule has 5 heteroatoms. The van der Waals surface area contributed by atoms with Gasteiger partial charge >= 0.3 is 0 Å². The Morgan fingerprint density at radius 2 is 2.62 bits per heavy atom. The van der Waals surface area contributed by atoms with Crippen molar-refractivity contribution < 1.29 is 9.53 Å². The van der Waals surface area contributed by atoms with Crippen molar-refractivity contribution in [2.24, 2.45) is 5.92 Å². The molecular formula is C11H17N3O2. The van der Waals surface area contributed by atoms with Gasteiger partial charge in [0.15, 0.2) is 0 Å². The number of rotatable bonds is 4. The molecule has 1 saturated heterocycles. The van der Waals surface area contributed by atoms with E-state index in [1.165, 1.54) is 0 Å². The number of carbonyl (C=O) groups excluding carboxylic acids is 1. The average Bonchev–Trinajstić information content (AvgIpc) is 2.96. The maximum atomic E-state index is 11.9. The lowest BCUT2D eigenvalue weighted by Crippen LogP contribution is -2.34. The zero-order valence-corrected chi connectivity index (χ0v) is 9.40. The largest absolute Gasteiger partial charge is 0.377 e.